The molecule has 0 unspecified atom stereocenters. The normalized spacial score (nSPS) is 15.9. The molecule has 34 heavy (non-hydrogen) atoms. The Balaban J connectivity index is 1.94. The number of benzene rings is 1. The Hall–Kier alpha value is -3.36. The second-order valence-electron chi connectivity index (χ2n) is 8.28. The maximum atomic E-state index is 13.6. The van der Waals surface area contributed by atoms with Gasteiger partial charge < -0.3 is 15.7 Å². The number of nitrogens with zero attached hydrogens (tertiary/aromatic N) is 5. The molecule has 2 aromatic heterocycles. The number of halogens is 1. The van der Waals surface area contributed by atoms with E-state index in [2.05, 4.69) is 32.8 Å². The molecule has 0 amide bonds. The Morgan fingerprint density at radius 2 is 2.09 bits per heavy atom. The SMILES string of the molecule is CC#CCn1c(N2CCC[C@@H](N)C2)nc2c1c(=O)n(Cc1ccc(Br)cc1C(=O)O)c(=O)n2C. The molecule has 3 aromatic rings. The van der Waals surface area contributed by atoms with Crippen molar-refractivity contribution in [2.45, 2.75) is 38.9 Å². The summed E-state index contributed by atoms with van der Waals surface area (Å²) < 4.78 is 4.67. The van der Waals surface area contributed by atoms with Gasteiger partial charge in [-0.25, -0.2) is 9.59 Å². The zero-order valence-corrected chi connectivity index (χ0v) is 20.5. The summed E-state index contributed by atoms with van der Waals surface area (Å²) in [7, 11) is 1.55. The van der Waals surface area contributed by atoms with Crippen LogP contribution in [-0.2, 0) is 20.1 Å². The van der Waals surface area contributed by atoms with Crippen molar-refractivity contribution in [1.29, 1.82) is 0 Å². The van der Waals surface area contributed by atoms with Crippen LogP contribution >= 0.6 is 15.9 Å². The fourth-order valence-electron chi connectivity index (χ4n) is 4.30. The summed E-state index contributed by atoms with van der Waals surface area (Å²) in [5, 5.41) is 9.61. The van der Waals surface area contributed by atoms with Gasteiger partial charge in [-0.1, -0.05) is 27.9 Å². The maximum Gasteiger partial charge on any atom is 0.336 e. The number of hydrogen-bond donors (Lipinski definition) is 2. The van der Waals surface area contributed by atoms with Gasteiger partial charge in [0, 0.05) is 30.7 Å². The minimum Gasteiger partial charge on any atom is -0.478 e. The van der Waals surface area contributed by atoms with Gasteiger partial charge in [0.25, 0.3) is 5.56 Å². The summed E-state index contributed by atoms with van der Waals surface area (Å²) in [5.41, 5.74) is 5.90. The fourth-order valence-corrected chi connectivity index (χ4v) is 4.66. The number of rotatable bonds is 5. The van der Waals surface area contributed by atoms with E-state index in [-0.39, 0.29) is 35.9 Å². The molecule has 3 N–H and O–H groups in total. The Morgan fingerprint density at radius 3 is 2.76 bits per heavy atom. The molecule has 0 bridgehead atoms. The third-order valence-corrected chi connectivity index (χ3v) is 6.49. The van der Waals surface area contributed by atoms with Crippen molar-refractivity contribution < 1.29 is 9.90 Å². The van der Waals surface area contributed by atoms with Gasteiger partial charge in [-0.2, -0.15) is 4.98 Å². The van der Waals surface area contributed by atoms with E-state index in [9.17, 15) is 19.5 Å². The molecular weight excluding hydrogens is 504 g/mol. The molecular formula is C23H25BrN6O4. The molecule has 0 spiro atoms. The van der Waals surface area contributed by atoms with Crippen molar-refractivity contribution in [2.75, 3.05) is 18.0 Å². The third-order valence-electron chi connectivity index (χ3n) is 6.00. The standard InChI is InChI=1S/C23H25BrN6O4/c1-3-4-10-29-18-19(26-22(29)28-9-5-6-16(25)13-28)27(2)23(34)30(20(18)31)12-14-7-8-15(24)11-17(14)21(32)33/h7-8,11,16H,5-6,9-10,12-13,25H2,1-2H3,(H,32,33)/t16-/m1/s1. The van der Waals surface area contributed by atoms with Gasteiger partial charge in [0.2, 0.25) is 5.95 Å². The number of hydrogen-bond acceptors (Lipinski definition) is 6. The van der Waals surface area contributed by atoms with Gasteiger partial charge in [-0.15, -0.1) is 5.92 Å². The summed E-state index contributed by atoms with van der Waals surface area (Å²) in [6.45, 7) is 3.07. The van der Waals surface area contributed by atoms with E-state index < -0.39 is 17.2 Å². The van der Waals surface area contributed by atoms with Crippen molar-refractivity contribution in [2.24, 2.45) is 12.8 Å². The number of fused-ring (bicyclic) bond motifs is 1. The number of carbonyl (C=O) groups is 1. The minimum atomic E-state index is -1.14. The number of piperidine rings is 1. The lowest BCUT2D eigenvalue weighted by Gasteiger charge is -2.31. The number of aromatic carboxylic acids is 1. The summed E-state index contributed by atoms with van der Waals surface area (Å²) in [5.74, 6) is 5.24. The highest BCUT2D eigenvalue weighted by Crippen LogP contribution is 2.23. The molecule has 1 saturated heterocycles. The number of aryl methyl sites for hydroxylation is 1. The first kappa shape index (κ1) is 23.8. The average Bonchev–Trinajstić information content (AvgIpc) is 3.19. The van der Waals surface area contributed by atoms with Gasteiger partial charge >= 0.3 is 11.7 Å². The molecule has 3 heterocycles. The number of carboxylic acid groups (broad SMARTS) is 1. The monoisotopic (exact) mass is 528 g/mol. The zero-order chi connectivity index (χ0) is 24.6. The second-order valence-corrected chi connectivity index (χ2v) is 9.20. The molecule has 4 rings (SSSR count). The van der Waals surface area contributed by atoms with E-state index in [0.29, 0.717) is 22.5 Å². The molecule has 1 aromatic carbocycles. The molecule has 1 fully saturated rings. The van der Waals surface area contributed by atoms with Gasteiger partial charge in [0.1, 0.15) is 0 Å². The third kappa shape index (κ3) is 4.26. The van der Waals surface area contributed by atoms with Crippen LogP contribution in [0.2, 0.25) is 0 Å². The smallest absolute Gasteiger partial charge is 0.336 e. The van der Waals surface area contributed by atoms with Crippen molar-refractivity contribution in [3.8, 4) is 11.8 Å². The summed E-state index contributed by atoms with van der Waals surface area (Å²) in [6, 6.07) is 4.70. The number of nitrogens with two attached hydrogens (primary N) is 1. The molecule has 178 valence electrons. The van der Waals surface area contributed by atoms with Crippen LogP contribution in [0.5, 0.6) is 0 Å². The van der Waals surface area contributed by atoms with Crippen LogP contribution < -0.4 is 21.9 Å². The lowest BCUT2D eigenvalue weighted by atomic mass is 10.1. The lowest BCUT2D eigenvalue weighted by molar-refractivity contribution is 0.0695. The number of imidazole rings is 1. The fraction of sp³-hybridized carbons (Fsp3) is 0.391. The summed E-state index contributed by atoms with van der Waals surface area (Å²) in [6.07, 6.45) is 1.81. The summed E-state index contributed by atoms with van der Waals surface area (Å²) in [4.78, 5) is 45.3. The van der Waals surface area contributed by atoms with Gasteiger partial charge in [-0.05, 0) is 37.5 Å². The first-order valence-electron chi connectivity index (χ1n) is 10.8. The summed E-state index contributed by atoms with van der Waals surface area (Å²) >= 11 is 3.27. The van der Waals surface area contributed by atoms with E-state index in [1.807, 2.05) is 4.90 Å². The molecule has 11 heteroatoms. The van der Waals surface area contributed by atoms with E-state index in [1.165, 1.54) is 10.6 Å². The number of carboxylic acids is 1. The second kappa shape index (κ2) is 9.48. The molecule has 0 aliphatic carbocycles. The van der Waals surface area contributed by atoms with Crippen LogP contribution in [0.1, 0.15) is 35.7 Å². The van der Waals surface area contributed by atoms with Crippen LogP contribution in [-0.4, -0.2) is 48.9 Å². The van der Waals surface area contributed by atoms with E-state index >= 15 is 0 Å². The van der Waals surface area contributed by atoms with Crippen LogP contribution in [0.25, 0.3) is 11.2 Å². The molecule has 0 saturated carbocycles. The van der Waals surface area contributed by atoms with Gasteiger partial charge in [0.05, 0.1) is 18.7 Å². The Labute approximate surface area is 203 Å². The predicted octanol–water partition coefficient (Wildman–Crippen LogP) is 1.36. The van der Waals surface area contributed by atoms with Crippen molar-refractivity contribution in [3.63, 3.8) is 0 Å². The van der Waals surface area contributed by atoms with Gasteiger partial charge in [0.15, 0.2) is 11.2 Å². The topological polar surface area (TPSA) is 128 Å². The van der Waals surface area contributed by atoms with Crippen molar-refractivity contribution in [1.82, 2.24) is 18.7 Å². The Morgan fingerprint density at radius 1 is 1.32 bits per heavy atom. The van der Waals surface area contributed by atoms with Crippen molar-refractivity contribution in [3.05, 3.63) is 54.6 Å². The van der Waals surface area contributed by atoms with Crippen molar-refractivity contribution >= 4 is 39.0 Å². The van der Waals surface area contributed by atoms with Crippen LogP contribution in [0.4, 0.5) is 5.95 Å². The molecule has 10 nitrogen and oxygen atoms in total. The van der Waals surface area contributed by atoms with E-state index in [0.717, 1.165) is 24.0 Å². The minimum absolute atomic E-state index is 0.00778. The zero-order valence-electron chi connectivity index (χ0n) is 18.9. The quantitative estimate of drug-likeness (QED) is 0.478. The highest BCUT2D eigenvalue weighted by molar-refractivity contribution is 9.10. The molecule has 1 aliphatic heterocycles. The number of anilines is 1. The lowest BCUT2D eigenvalue weighted by Crippen LogP contribution is -2.44. The highest BCUT2D eigenvalue weighted by Gasteiger charge is 2.26. The molecule has 0 radical (unpaired) electrons. The van der Waals surface area contributed by atoms with E-state index in [1.54, 1.807) is 30.7 Å². The Bertz CT molecular complexity index is 1460. The molecule has 1 aliphatic rings. The van der Waals surface area contributed by atoms with E-state index in [4.69, 9.17) is 5.73 Å². The maximum absolute atomic E-state index is 13.6. The van der Waals surface area contributed by atoms with Crippen LogP contribution in [0, 0.1) is 11.8 Å². The van der Waals surface area contributed by atoms with Gasteiger partial charge in [-0.3, -0.25) is 18.5 Å². The van der Waals surface area contributed by atoms with Crippen LogP contribution in [0.3, 0.4) is 0 Å². The molecule has 1 atom stereocenters. The first-order valence-corrected chi connectivity index (χ1v) is 11.6. The van der Waals surface area contributed by atoms with Crippen LogP contribution in [0.15, 0.2) is 32.3 Å². The first-order chi connectivity index (χ1) is 16.2. The predicted molar refractivity (Wildman–Crippen MR) is 132 cm³/mol. The average molecular weight is 529 g/mol. The Kier molecular flexibility index (Phi) is 6.63. The number of aromatic nitrogens is 4. The highest BCUT2D eigenvalue weighted by atomic mass is 79.9. The largest absolute Gasteiger partial charge is 0.478 e.